The normalized spacial score (nSPS) is 13.5. The summed E-state index contributed by atoms with van der Waals surface area (Å²) >= 11 is 5.28. The van der Waals surface area contributed by atoms with Crippen molar-refractivity contribution >= 4 is 40.9 Å². The Hall–Kier alpha value is -4.32. The minimum Gasteiger partial charge on any atom is -0.463 e. The van der Waals surface area contributed by atoms with Gasteiger partial charge in [-0.15, -0.1) is 0 Å². The third-order valence-electron chi connectivity index (χ3n) is 5.81. The van der Waals surface area contributed by atoms with Crippen molar-refractivity contribution in [1.29, 1.82) is 0 Å². The highest BCUT2D eigenvalue weighted by atomic mass is 32.1. The second-order valence-electron chi connectivity index (χ2n) is 8.48. The fraction of sp³-hybridized carbons (Fsp3) is 0.286. The van der Waals surface area contributed by atoms with E-state index in [1.54, 1.807) is 58.0 Å². The van der Waals surface area contributed by atoms with Crippen molar-refractivity contribution < 1.29 is 37.4 Å². The summed E-state index contributed by atoms with van der Waals surface area (Å²) in [5.41, 5.74) is 1.46. The van der Waals surface area contributed by atoms with Crippen LogP contribution >= 0.6 is 12.2 Å². The highest BCUT2D eigenvalue weighted by Gasteiger charge is 2.40. The molecule has 0 radical (unpaired) electrons. The van der Waals surface area contributed by atoms with Crippen LogP contribution in [0.2, 0.25) is 0 Å². The molecule has 0 unspecified atom stereocenters. The Morgan fingerprint density at radius 2 is 1.52 bits per heavy atom. The summed E-state index contributed by atoms with van der Waals surface area (Å²) < 4.78 is 42.2. The Morgan fingerprint density at radius 1 is 0.950 bits per heavy atom. The van der Waals surface area contributed by atoms with Crippen LogP contribution < -0.4 is 20.7 Å². The molecule has 0 aliphatic carbocycles. The third-order valence-corrected chi connectivity index (χ3v) is 6.01. The lowest BCUT2D eigenvalue weighted by Crippen LogP contribution is -2.34. The number of hydrogen-bond donors (Lipinski definition) is 3. The molecular weight excluding hydrogens is 544 g/mol. The van der Waals surface area contributed by atoms with Crippen molar-refractivity contribution in [3.8, 4) is 5.75 Å². The number of alkyl halides is 2. The molecule has 0 bridgehead atoms. The minimum absolute atomic E-state index is 0.0201. The number of nitrogens with one attached hydrogen (secondary N) is 3. The number of carbonyl (C=O) groups is 3. The standard InChI is InChI=1S/C28H29F2N3O6S/c1-5-37-25(35)21-15(3)31-16(4)22(26(36)38-6-2)23(21)19-14-18(12-13-20(19)39-27(29)30)32-28(40)33-24(34)17-10-8-7-9-11-17/h7-14,23,27,31H,5-6H2,1-4H3,(H2,32,33,34,40). The lowest BCUT2D eigenvalue weighted by molar-refractivity contribution is -0.139. The van der Waals surface area contributed by atoms with E-state index in [0.29, 0.717) is 17.0 Å². The van der Waals surface area contributed by atoms with Gasteiger partial charge in [-0.1, -0.05) is 18.2 Å². The van der Waals surface area contributed by atoms with Crippen molar-refractivity contribution in [3.05, 3.63) is 82.2 Å². The van der Waals surface area contributed by atoms with Crippen molar-refractivity contribution in [2.45, 2.75) is 40.2 Å². The Bertz CT molecular complexity index is 1320. The summed E-state index contributed by atoms with van der Waals surface area (Å²) in [7, 11) is 0. The van der Waals surface area contributed by atoms with E-state index in [9.17, 15) is 23.2 Å². The molecule has 40 heavy (non-hydrogen) atoms. The summed E-state index contributed by atoms with van der Waals surface area (Å²) in [5, 5.41) is 8.30. The molecule has 3 N–H and O–H groups in total. The lowest BCUT2D eigenvalue weighted by Gasteiger charge is -2.31. The Labute approximate surface area is 235 Å². The second-order valence-corrected chi connectivity index (χ2v) is 8.89. The summed E-state index contributed by atoms with van der Waals surface area (Å²) in [4.78, 5) is 38.7. The summed E-state index contributed by atoms with van der Waals surface area (Å²) in [6, 6.07) is 12.5. The molecule has 0 aromatic heterocycles. The van der Waals surface area contributed by atoms with E-state index in [0.717, 1.165) is 0 Å². The van der Waals surface area contributed by atoms with Gasteiger partial charge in [0.25, 0.3) is 5.91 Å². The molecule has 0 fully saturated rings. The van der Waals surface area contributed by atoms with E-state index in [-0.39, 0.29) is 46.5 Å². The molecule has 1 heterocycles. The van der Waals surface area contributed by atoms with E-state index < -0.39 is 30.4 Å². The fourth-order valence-electron chi connectivity index (χ4n) is 4.25. The summed E-state index contributed by atoms with van der Waals surface area (Å²) in [5.74, 6) is -3.43. The van der Waals surface area contributed by atoms with E-state index in [1.165, 1.54) is 18.2 Å². The van der Waals surface area contributed by atoms with Crippen LogP contribution in [0.3, 0.4) is 0 Å². The van der Waals surface area contributed by atoms with Crippen molar-refractivity contribution in [2.24, 2.45) is 0 Å². The van der Waals surface area contributed by atoms with Gasteiger partial charge in [0.1, 0.15) is 5.75 Å². The highest BCUT2D eigenvalue weighted by Crippen LogP contribution is 2.44. The zero-order chi connectivity index (χ0) is 29.4. The molecule has 1 aliphatic heterocycles. The van der Waals surface area contributed by atoms with Crippen LogP contribution in [0.1, 0.15) is 49.5 Å². The molecule has 3 rings (SSSR count). The average Bonchev–Trinajstić information content (AvgIpc) is 2.89. The molecule has 1 amide bonds. The number of benzene rings is 2. The zero-order valence-corrected chi connectivity index (χ0v) is 23.1. The molecule has 12 heteroatoms. The first-order valence-electron chi connectivity index (χ1n) is 12.4. The Morgan fingerprint density at radius 3 is 2.05 bits per heavy atom. The average molecular weight is 574 g/mol. The maximum absolute atomic E-state index is 13.5. The number of esters is 2. The van der Waals surface area contributed by atoms with E-state index >= 15 is 0 Å². The maximum Gasteiger partial charge on any atom is 0.387 e. The van der Waals surface area contributed by atoms with Gasteiger partial charge in [-0.3, -0.25) is 10.1 Å². The van der Waals surface area contributed by atoms with E-state index in [4.69, 9.17) is 26.4 Å². The van der Waals surface area contributed by atoms with Gasteiger partial charge >= 0.3 is 18.6 Å². The molecule has 2 aromatic carbocycles. The molecule has 0 atom stereocenters. The second kappa shape index (κ2) is 13.7. The van der Waals surface area contributed by atoms with Gasteiger partial charge < -0.3 is 24.8 Å². The number of amides is 1. The van der Waals surface area contributed by atoms with Crippen molar-refractivity contribution in [1.82, 2.24) is 10.6 Å². The first kappa shape index (κ1) is 30.2. The molecule has 1 aliphatic rings. The van der Waals surface area contributed by atoms with Crippen molar-refractivity contribution in [3.63, 3.8) is 0 Å². The maximum atomic E-state index is 13.5. The predicted octanol–water partition coefficient (Wildman–Crippen LogP) is 4.78. The number of ether oxygens (including phenoxy) is 3. The smallest absolute Gasteiger partial charge is 0.387 e. The van der Waals surface area contributed by atoms with Gasteiger partial charge in [-0.25, -0.2) is 9.59 Å². The van der Waals surface area contributed by atoms with Crippen LogP contribution in [0.4, 0.5) is 14.5 Å². The van der Waals surface area contributed by atoms with Crippen LogP contribution in [-0.4, -0.2) is 42.8 Å². The molecule has 9 nitrogen and oxygen atoms in total. The number of thiocarbonyl (C=S) groups is 1. The largest absolute Gasteiger partial charge is 0.463 e. The lowest BCUT2D eigenvalue weighted by atomic mass is 9.79. The number of carbonyl (C=O) groups excluding carboxylic acids is 3. The minimum atomic E-state index is -3.20. The molecule has 212 valence electrons. The van der Waals surface area contributed by atoms with E-state index in [1.807, 2.05) is 0 Å². The number of anilines is 1. The van der Waals surface area contributed by atoms with Gasteiger partial charge in [0, 0.05) is 28.2 Å². The predicted molar refractivity (Wildman–Crippen MR) is 148 cm³/mol. The van der Waals surface area contributed by atoms with E-state index in [2.05, 4.69) is 16.0 Å². The van der Waals surface area contributed by atoms with Crippen LogP contribution in [0.5, 0.6) is 5.75 Å². The van der Waals surface area contributed by atoms with Crippen LogP contribution in [0.15, 0.2) is 71.1 Å². The topological polar surface area (TPSA) is 115 Å². The van der Waals surface area contributed by atoms with Gasteiger partial charge in [0.15, 0.2) is 5.11 Å². The van der Waals surface area contributed by atoms with Gasteiger partial charge in [0.2, 0.25) is 0 Å². The van der Waals surface area contributed by atoms with Crippen LogP contribution in [-0.2, 0) is 19.1 Å². The molecule has 0 spiro atoms. The molecule has 0 saturated heterocycles. The number of allylic oxidation sites excluding steroid dienone is 2. The molecule has 2 aromatic rings. The number of halogens is 2. The van der Waals surface area contributed by atoms with Gasteiger partial charge in [-0.2, -0.15) is 8.78 Å². The quantitative estimate of drug-likeness (QED) is 0.288. The third kappa shape index (κ3) is 7.20. The number of dihydropyridines is 1. The molecular formula is C28H29F2N3O6S. The fourth-order valence-corrected chi connectivity index (χ4v) is 4.46. The monoisotopic (exact) mass is 573 g/mol. The SMILES string of the molecule is CCOC(=O)C1=C(C)NC(C)=C(C(=O)OCC)C1c1cc(NC(=S)NC(=O)c2ccccc2)ccc1OC(F)F. The molecule has 0 saturated carbocycles. The van der Waals surface area contributed by atoms with Crippen molar-refractivity contribution in [2.75, 3.05) is 18.5 Å². The zero-order valence-electron chi connectivity index (χ0n) is 22.3. The Balaban J connectivity index is 2.09. The van der Waals surface area contributed by atoms with Gasteiger partial charge in [0.05, 0.1) is 30.3 Å². The first-order chi connectivity index (χ1) is 19.1. The summed E-state index contributed by atoms with van der Waals surface area (Å²) in [6.45, 7) is 3.33. The number of rotatable bonds is 9. The van der Waals surface area contributed by atoms with Crippen LogP contribution in [0, 0.1) is 0 Å². The van der Waals surface area contributed by atoms with Gasteiger partial charge in [-0.05, 0) is 70.2 Å². The highest BCUT2D eigenvalue weighted by molar-refractivity contribution is 7.80. The van der Waals surface area contributed by atoms with Crippen LogP contribution in [0.25, 0.3) is 0 Å². The summed E-state index contributed by atoms with van der Waals surface area (Å²) in [6.07, 6.45) is 0. The number of hydrogen-bond acceptors (Lipinski definition) is 8. The Kier molecular flexibility index (Phi) is 10.3. The first-order valence-corrected chi connectivity index (χ1v) is 12.8.